The summed E-state index contributed by atoms with van der Waals surface area (Å²) >= 11 is 0. The molecule has 0 aliphatic heterocycles. The van der Waals surface area contributed by atoms with Crippen LogP contribution in [0.5, 0.6) is 5.75 Å². The molecule has 1 aromatic rings. The van der Waals surface area contributed by atoms with Gasteiger partial charge in [-0.1, -0.05) is 39.0 Å². The maximum Gasteiger partial charge on any atom is 0.305 e. The predicted molar refractivity (Wildman–Crippen MR) is 131 cm³/mol. The Balaban J connectivity index is 1.76. The summed E-state index contributed by atoms with van der Waals surface area (Å²) in [6.07, 6.45) is 7.38. The molecule has 35 heavy (non-hydrogen) atoms. The van der Waals surface area contributed by atoms with Gasteiger partial charge in [0.2, 0.25) is 0 Å². The minimum absolute atomic E-state index is 0.0268. The van der Waals surface area contributed by atoms with Crippen molar-refractivity contribution < 1.29 is 38.1 Å². The van der Waals surface area contributed by atoms with Crippen molar-refractivity contribution in [3.05, 3.63) is 34.4 Å². The molecule has 200 valence electrons. The summed E-state index contributed by atoms with van der Waals surface area (Å²) in [7, 11) is 0. The second-order valence-corrected chi connectivity index (χ2v) is 7.79. The molecule has 0 fully saturated rings. The van der Waals surface area contributed by atoms with Gasteiger partial charge in [0.05, 0.1) is 57.8 Å². The number of rotatable bonds is 24. The average Bonchev–Trinajstić information content (AvgIpc) is 2.86. The van der Waals surface area contributed by atoms with E-state index in [0.29, 0.717) is 71.6 Å². The average molecular weight is 500 g/mol. The van der Waals surface area contributed by atoms with Gasteiger partial charge < -0.3 is 28.4 Å². The van der Waals surface area contributed by atoms with Crippen LogP contribution in [-0.2, 0) is 28.5 Å². The Morgan fingerprint density at radius 1 is 0.714 bits per heavy atom. The van der Waals surface area contributed by atoms with Gasteiger partial charge in [-0.15, -0.1) is 0 Å². The number of hydrogen-bond acceptors (Lipinski definition) is 9. The van der Waals surface area contributed by atoms with Gasteiger partial charge in [-0.3, -0.25) is 14.9 Å². The molecule has 0 spiro atoms. The molecule has 10 nitrogen and oxygen atoms in total. The Labute approximate surface area is 208 Å². The first-order valence-electron chi connectivity index (χ1n) is 12.5. The molecule has 1 aromatic carbocycles. The first-order chi connectivity index (χ1) is 17.1. The number of benzene rings is 1. The number of nitrogens with zero attached hydrogens (tertiary/aromatic N) is 1. The highest BCUT2D eigenvalue weighted by molar-refractivity contribution is 5.69. The van der Waals surface area contributed by atoms with Crippen LogP contribution in [0.1, 0.15) is 51.9 Å². The van der Waals surface area contributed by atoms with Crippen LogP contribution in [0.25, 0.3) is 0 Å². The van der Waals surface area contributed by atoms with Gasteiger partial charge in [0.15, 0.2) is 0 Å². The molecule has 0 aliphatic rings. The highest BCUT2D eigenvalue weighted by Gasteiger charge is 2.04. The number of ether oxygens (including phenoxy) is 6. The number of hydrogen-bond donors (Lipinski definition) is 0. The van der Waals surface area contributed by atoms with E-state index in [1.165, 1.54) is 37.8 Å². The highest BCUT2D eigenvalue weighted by atomic mass is 16.6. The zero-order valence-electron chi connectivity index (χ0n) is 21.0. The molecule has 0 unspecified atom stereocenters. The standard InChI is InChI=1S/C25H41NO9/c1-2-3-4-5-6-7-8-25(27)35-22-20-33-18-16-31-14-13-30-15-17-32-19-21-34-24-11-9-23(10-12-24)26(28)29/h9-12H,2-8,13-22H2,1H3. The van der Waals surface area contributed by atoms with Crippen LogP contribution >= 0.6 is 0 Å². The summed E-state index contributed by atoms with van der Waals surface area (Å²) in [6.45, 7) is 6.25. The van der Waals surface area contributed by atoms with E-state index in [9.17, 15) is 14.9 Å². The molecule has 1 rings (SSSR count). The topological polar surface area (TPSA) is 116 Å². The van der Waals surface area contributed by atoms with Crippen LogP contribution in [0.3, 0.4) is 0 Å². The zero-order valence-corrected chi connectivity index (χ0v) is 21.0. The second kappa shape index (κ2) is 22.2. The molecule has 0 atom stereocenters. The lowest BCUT2D eigenvalue weighted by Gasteiger charge is -2.09. The Morgan fingerprint density at radius 3 is 1.74 bits per heavy atom. The van der Waals surface area contributed by atoms with E-state index < -0.39 is 4.92 Å². The van der Waals surface area contributed by atoms with Gasteiger partial charge in [0.25, 0.3) is 5.69 Å². The van der Waals surface area contributed by atoms with E-state index in [0.717, 1.165) is 12.8 Å². The van der Waals surface area contributed by atoms with Crippen molar-refractivity contribution in [3.8, 4) is 5.75 Å². The summed E-state index contributed by atoms with van der Waals surface area (Å²) in [5, 5.41) is 10.6. The van der Waals surface area contributed by atoms with Crippen LogP contribution in [-0.4, -0.2) is 77.0 Å². The van der Waals surface area contributed by atoms with Gasteiger partial charge in [0, 0.05) is 18.6 Å². The summed E-state index contributed by atoms with van der Waals surface area (Å²) in [4.78, 5) is 21.7. The lowest BCUT2D eigenvalue weighted by molar-refractivity contribution is -0.384. The summed E-state index contributed by atoms with van der Waals surface area (Å²) in [5.41, 5.74) is 0.0268. The predicted octanol–water partition coefficient (Wildman–Crippen LogP) is 4.33. The van der Waals surface area contributed by atoms with Gasteiger partial charge >= 0.3 is 5.97 Å². The molecule has 10 heteroatoms. The molecule has 0 bridgehead atoms. The van der Waals surface area contributed by atoms with Crippen molar-refractivity contribution in [2.45, 2.75) is 51.9 Å². The zero-order chi connectivity index (χ0) is 25.4. The Kier molecular flexibility index (Phi) is 19.5. The molecule has 0 radical (unpaired) electrons. The molecule has 0 aromatic heterocycles. The van der Waals surface area contributed by atoms with Gasteiger partial charge in [0.1, 0.15) is 19.0 Å². The van der Waals surface area contributed by atoms with Crippen molar-refractivity contribution in [2.75, 3.05) is 66.1 Å². The van der Waals surface area contributed by atoms with Crippen molar-refractivity contribution in [2.24, 2.45) is 0 Å². The molecule has 0 N–H and O–H groups in total. The number of nitro benzene ring substituents is 1. The fourth-order valence-electron chi connectivity index (χ4n) is 2.98. The minimum Gasteiger partial charge on any atom is -0.491 e. The first-order valence-corrected chi connectivity index (χ1v) is 12.5. The van der Waals surface area contributed by atoms with E-state index >= 15 is 0 Å². The Hall–Kier alpha value is -2.27. The van der Waals surface area contributed by atoms with E-state index in [4.69, 9.17) is 28.4 Å². The number of unbranched alkanes of at least 4 members (excludes halogenated alkanes) is 5. The smallest absolute Gasteiger partial charge is 0.305 e. The molecular weight excluding hydrogens is 458 g/mol. The normalized spacial score (nSPS) is 10.9. The maximum absolute atomic E-state index is 11.6. The van der Waals surface area contributed by atoms with Crippen molar-refractivity contribution >= 4 is 11.7 Å². The van der Waals surface area contributed by atoms with Gasteiger partial charge in [-0.25, -0.2) is 0 Å². The monoisotopic (exact) mass is 499 g/mol. The van der Waals surface area contributed by atoms with Crippen molar-refractivity contribution in [3.63, 3.8) is 0 Å². The van der Waals surface area contributed by atoms with Crippen molar-refractivity contribution in [1.29, 1.82) is 0 Å². The summed E-state index contributed by atoms with van der Waals surface area (Å²) in [5.74, 6) is 0.402. The number of esters is 1. The molecule has 0 saturated carbocycles. The van der Waals surface area contributed by atoms with E-state index in [2.05, 4.69) is 6.92 Å². The number of non-ortho nitro benzene ring substituents is 1. The van der Waals surface area contributed by atoms with Crippen LogP contribution in [0.15, 0.2) is 24.3 Å². The molecule has 0 aliphatic carbocycles. The van der Waals surface area contributed by atoms with E-state index in [1.54, 1.807) is 12.1 Å². The van der Waals surface area contributed by atoms with Crippen LogP contribution in [0.4, 0.5) is 5.69 Å². The Bertz CT molecular complexity index is 655. The molecule has 0 saturated heterocycles. The fraction of sp³-hybridized carbons (Fsp3) is 0.720. The fourth-order valence-corrected chi connectivity index (χ4v) is 2.98. The highest BCUT2D eigenvalue weighted by Crippen LogP contribution is 2.17. The molecule has 0 heterocycles. The van der Waals surface area contributed by atoms with Gasteiger partial charge in [-0.2, -0.15) is 0 Å². The quantitative estimate of drug-likeness (QED) is 0.0886. The summed E-state index contributed by atoms with van der Waals surface area (Å²) < 4.78 is 32.2. The number of carbonyl (C=O) groups is 1. The summed E-state index contributed by atoms with van der Waals surface area (Å²) in [6, 6.07) is 5.90. The van der Waals surface area contributed by atoms with Crippen LogP contribution < -0.4 is 4.74 Å². The first kappa shape index (κ1) is 30.8. The van der Waals surface area contributed by atoms with Crippen molar-refractivity contribution in [1.82, 2.24) is 0 Å². The number of nitro groups is 1. The van der Waals surface area contributed by atoms with Crippen LogP contribution in [0, 0.1) is 10.1 Å². The third-order valence-electron chi connectivity index (χ3n) is 4.89. The lowest BCUT2D eigenvalue weighted by atomic mass is 10.1. The largest absolute Gasteiger partial charge is 0.491 e. The maximum atomic E-state index is 11.6. The second-order valence-electron chi connectivity index (χ2n) is 7.79. The molecule has 0 amide bonds. The third-order valence-corrected chi connectivity index (χ3v) is 4.89. The SMILES string of the molecule is CCCCCCCCC(=O)OCCOCCOCCOCCOCCOc1ccc([N+](=O)[O-])cc1. The number of carbonyl (C=O) groups excluding carboxylic acids is 1. The minimum atomic E-state index is -0.453. The molecular formula is C25H41NO9. The Morgan fingerprint density at radius 2 is 1.20 bits per heavy atom. The van der Waals surface area contributed by atoms with Crippen LogP contribution in [0.2, 0.25) is 0 Å². The van der Waals surface area contributed by atoms with E-state index in [-0.39, 0.29) is 18.3 Å². The lowest BCUT2D eigenvalue weighted by Crippen LogP contribution is -2.15. The van der Waals surface area contributed by atoms with Gasteiger partial charge in [-0.05, 0) is 18.6 Å². The van der Waals surface area contributed by atoms with E-state index in [1.807, 2.05) is 0 Å². The third kappa shape index (κ3) is 18.7.